The summed E-state index contributed by atoms with van der Waals surface area (Å²) in [7, 11) is 0. The van der Waals surface area contributed by atoms with Crippen LogP contribution in [-0.2, 0) is 11.3 Å². The van der Waals surface area contributed by atoms with Crippen LogP contribution in [0.1, 0.15) is 11.1 Å². The van der Waals surface area contributed by atoms with E-state index in [0.29, 0.717) is 28.7 Å². The lowest BCUT2D eigenvalue weighted by molar-refractivity contribution is -0.117. The van der Waals surface area contributed by atoms with Gasteiger partial charge in [0.2, 0.25) is 5.91 Å². The zero-order valence-corrected chi connectivity index (χ0v) is 15.6. The molecule has 1 saturated heterocycles. The van der Waals surface area contributed by atoms with Gasteiger partial charge in [-0.15, -0.1) is 11.3 Å². The summed E-state index contributed by atoms with van der Waals surface area (Å²) in [5.41, 5.74) is 1.39. The van der Waals surface area contributed by atoms with Gasteiger partial charge in [-0.1, -0.05) is 17.7 Å². The van der Waals surface area contributed by atoms with E-state index in [2.05, 4.69) is 21.2 Å². The van der Waals surface area contributed by atoms with E-state index in [-0.39, 0.29) is 11.7 Å². The molecule has 0 aliphatic carbocycles. The van der Waals surface area contributed by atoms with Crippen LogP contribution in [0.2, 0.25) is 5.02 Å². The third-order valence-corrected chi connectivity index (χ3v) is 5.46. The second kappa shape index (κ2) is 8.60. The number of carbonyl (C=O) groups excluding carboxylic acids is 1. The molecule has 1 aromatic heterocycles. The average Bonchev–Trinajstić information content (AvgIpc) is 3.06. The lowest BCUT2D eigenvalue weighted by atomic mass is 10.2. The highest BCUT2D eigenvalue weighted by Gasteiger charge is 2.20. The average molecular weight is 393 g/mol. The van der Waals surface area contributed by atoms with Gasteiger partial charge in [0.15, 0.2) is 0 Å². The molecule has 8 heteroatoms. The molecule has 0 unspecified atom stereocenters. The minimum absolute atomic E-state index is 0.112. The van der Waals surface area contributed by atoms with Gasteiger partial charge in [-0.25, -0.2) is 4.39 Å². The molecule has 2 heterocycles. The summed E-state index contributed by atoms with van der Waals surface area (Å²) in [6, 6.07) is 8.22. The fourth-order valence-corrected chi connectivity index (χ4v) is 3.84. The summed E-state index contributed by atoms with van der Waals surface area (Å²) < 4.78 is 13.1. The van der Waals surface area contributed by atoms with Crippen molar-refractivity contribution in [1.29, 1.82) is 5.26 Å². The number of hydrogen-bond donors (Lipinski definition) is 1. The normalized spacial score (nSPS) is 15.6. The van der Waals surface area contributed by atoms with Crippen LogP contribution in [0.3, 0.4) is 0 Å². The summed E-state index contributed by atoms with van der Waals surface area (Å²) >= 11 is 7.43. The maximum absolute atomic E-state index is 13.1. The number of anilines is 1. The molecule has 136 valence electrons. The largest absolute Gasteiger partial charge is 0.315 e. The molecule has 1 aromatic carbocycles. The van der Waals surface area contributed by atoms with E-state index >= 15 is 0 Å². The maximum Gasteiger partial charge on any atom is 0.239 e. The van der Waals surface area contributed by atoms with Crippen molar-refractivity contribution >= 4 is 33.8 Å². The van der Waals surface area contributed by atoms with E-state index in [1.165, 1.54) is 23.5 Å². The van der Waals surface area contributed by atoms with Crippen LogP contribution in [0, 0.1) is 17.1 Å². The highest BCUT2D eigenvalue weighted by Crippen LogP contribution is 2.22. The molecule has 0 radical (unpaired) electrons. The van der Waals surface area contributed by atoms with Gasteiger partial charge in [-0.3, -0.25) is 14.6 Å². The lowest BCUT2D eigenvalue weighted by Gasteiger charge is -2.34. The van der Waals surface area contributed by atoms with Crippen LogP contribution in [0.25, 0.3) is 0 Å². The van der Waals surface area contributed by atoms with Crippen LogP contribution in [-0.4, -0.2) is 48.4 Å². The number of halogens is 2. The number of amides is 1. The van der Waals surface area contributed by atoms with E-state index in [0.717, 1.165) is 31.7 Å². The van der Waals surface area contributed by atoms with Crippen molar-refractivity contribution in [3.05, 3.63) is 51.6 Å². The second-order valence-corrected chi connectivity index (χ2v) is 7.43. The first-order chi connectivity index (χ1) is 12.5. The topological polar surface area (TPSA) is 59.4 Å². The number of benzene rings is 1. The van der Waals surface area contributed by atoms with E-state index in [1.807, 2.05) is 0 Å². The summed E-state index contributed by atoms with van der Waals surface area (Å²) in [6.07, 6.45) is 0. The number of piperazine rings is 1. The Hall–Kier alpha value is -1.98. The van der Waals surface area contributed by atoms with Gasteiger partial charge in [0.1, 0.15) is 16.9 Å². The fraction of sp³-hybridized carbons (Fsp3) is 0.333. The third kappa shape index (κ3) is 4.80. The molecule has 0 bridgehead atoms. The molecule has 2 aromatic rings. The minimum Gasteiger partial charge on any atom is -0.315 e. The molecule has 1 amide bonds. The van der Waals surface area contributed by atoms with Gasteiger partial charge >= 0.3 is 0 Å². The first-order valence-corrected chi connectivity index (χ1v) is 9.47. The number of rotatable bonds is 5. The van der Waals surface area contributed by atoms with Crippen molar-refractivity contribution in [2.24, 2.45) is 0 Å². The molecule has 5 nitrogen and oxygen atoms in total. The zero-order chi connectivity index (χ0) is 18.5. The van der Waals surface area contributed by atoms with Crippen molar-refractivity contribution in [3.8, 4) is 6.07 Å². The molecule has 26 heavy (non-hydrogen) atoms. The summed E-state index contributed by atoms with van der Waals surface area (Å²) in [5, 5.41) is 14.6. The Labute approximate surface area is 160 Å². The van der Waals surface area contributed by atoms with Crippen molar-refractivity contribution in [2.75, 3.05) is 38.0 Å². The zero-order valence-electron chi connectivity index (χ0n) is 14.0. The predicted octanol–water partition coefficient (Wildman–Crippen LogP) is 3.17. The predicted molar refractivity (Wildman–Crippen MR) is 101 cm³/mol. The van der Waals surface area contributed by atoms with Crippen molar-refractivity contribution in [3.63, 3.8) is 0 Å². The van der Waals surface area contributed by atoms with Gasteiger partial charge < -0.3 is 5.32 Å². The second-order valence-electron chi connectivity index (χ2n) is 6.11. The van der Waals surface area contributed by atoms with Gasteiger partial charge in [0.25, 0.3) is 0 Å². The molecule has 3 rings (SSSR count). The Kier molecular flexibility index (Phi) is 6.22. The standard InChI is InChI=1S/C18H18ClFN4OS/c19-16-9-15(20)2-1-14(16)11-23-4-6-24(7-5-23)12-17(25)22-18-13(10-21)3-8-26-18/h1-3,8-9H,4-7,11-12H2,(H,22,25). The van der Waals surface area contributed by atoms with Crippen molar-refractivity contribution in [1.82, 2.24) is 9.80 Å². The first-order valence-electron chi connectivity index (χ1n) is 8.21. The van der Waals surface area contributed by atoms with E-state index in [1.54, 1.807) is 17.5 Å². The van der Waals surface area contributed by atoms with Crippen LogP contribution in [0.5, 0.6) is 0 Å². The number of nitriles is 1. The number of hydrogen-bond acceptors (Lipinski definition) is 5. The highest BCUT2D eigenvalue weighted by atomic mass is 35.5. The third-order valence-electron chi connectivity index (χ3n) is 4.28. The number of nitrogens with zero attached hydrogens (tertiary/aromatic N) is 3. The number of carbonyl (C=O) groups is 1. The highest BCUT2D eigenvalue weighted by molar-refractivity contribution is 7.14. The van der Waals surface area contributed by atoms with E-state index < -0.39 is 0 Å². The summed E-state index contributed by atoms with van der Waals surface area (Å²) in [5.74, 6) is -0.446. The van der Waals surface area contributed by atoms with Gasteiger partial charge in [-0.2, -0.15) is 5.26 Å². The molecule has 0 atom stereocenters. The Morgan fingerprint density at radius 1 is 1.27 bits per heavy atom. The Morgan fingerprint density at radius 2 is 2.00 bits per heavy atom. The maximum atomic E-state index is 13.1. The monoisotopic (exact) mass is 392 g/mol. The Bertz CT molecular complexity index is 827. The van der Waals surface area contributed by atoms with Gasteiger partial charge in [-0.05, 0) is 29.1 Å². The van der Waals surface area contributed by atoms with Crippen LogP contribution in [0.15, 0.2) is 29.6 Å². The van der Waals surface area contributed by atoms with Crippen molar-refractivity contribution in [2.45, 2.75) is 6.54 Å². The molecule has 1 fully saturated rings. The van der Waals surface area contributed by atoms with E-state index in [4.69, 9.17) is 16.9 Å². The smallest absolute Gasteiger partial charge is 0.239 e. The van der Waals surface area contributed by atoms with Crippen molar-refractivity contribution < 1.29 is 9.18 Å². The van der Waals surface area contributed by atoms with Crippen LogP contribution in [0.4, 0.5) is 9.39 Å². The summed E-state index contributed by atoms with van der Waals surface area (Å²) in [6.45, 7) is 4.12. The number of nitrogens with one attached hydrogen (secondary N) is 1. The Morgan fingerprint density at radius 3 is 2.69 bits per heavy atom. The molecule has 1 aliphatic heterocycles. The molecule has 0 spiro atoms. The molecular formula is C18H18ClFN4OS. The van der Waals surface area contributed by atoms with E-state index in [9.17, 15) is 9.18 Å². The van der Waals surface area contributed by atoms with Crippen LogP contribution >= 0.6 is 22.9 Å². The molecule has 1 N–H and O–H groups in total. The quantitative estimate of drug-likeness (QED) is 0.849. The van der Waals surface area contributed by atoms with Crippen LogP contribution < -0.4 is 5.32 Å². The SMILES string of the molecule is N#Cc1ccsc1NC(=O)CN1CCN(Cc2ccc(F)cc2Cl)CC1. The molecule has 0 saturated carbocycles. The molecule has 1 aliphatic rings. The number of thiophene rings is 1. The Balaban J connectivity index is 1.46. The van der Waals surface area contributed by atoms with Gasteiger partial charge in [0.05, 0.1) is 12.1 Å². The summed E-state index contributed by atoms with van der Waals surface area (Å²) in [4.78, 5) is 16.5. The lowest BCUT2D eigenvalue weighted by Crippen LogP contribution is -2.48. The fourth-order valence-electron chi connectivity index (χ4n) is 2.86. The van der Waals surface area contributed by atoms with Gasteiger partial charge in [0, 0.05) is 37.7 Å². The first kappa shape index (κ1) is 18.8. The minimum atomic E-state index is -0.333. The molecular weight excluding hydrogens is 375 g/mol.